The molecule has 3 unspecified atom stereocenters. The monoisotopic (exact) mass is 314 g/mol. The first-order chi connectivity index (χ1) is 10.0. The van der Waals surface area contributed by atoms with Crippen molar-refractivity contribution in [1.82, 2.24) is 10.2 Å². The second-order valence-electron chi connectivity index (χ2n) is 6.66. The summed E-state index contributed by atoms with van der Waals surface area (Å²) >= 11 is 1.92. The number of unbranched alkanes of at least 4 members (excludes halogenated alkanes) is 3. The number of hydrogen-bond acceptors (Lipinski definition) is 3. The average Bonchev–Trinajstić information content (AvgIpc) is 2.79. The van der Waals surface area contributed by atoms with Gasteiger partial charge in [0.05, 0.1) is 12.2 Å². The third-order valence-corrected chi connectivity index (χ3v) is 5.27. The number of amides is 1. The van der Waals surface area contributed by atoms with Crippen LogP contribution in [0.15, 0.2) is 0 Å². The van der Waals surface area contributed by atoms with Gasteiger partial charge in [-0.3, -0.25) is 10.1 Å². The molecule has 0 aromatic rings. The molecule has 124 valence electrons. The van der Waals surface area contributed by atoms with Crippen LogP contribution in [0.5, 0.6) is 0 Å². The molecule has 3 atom stereocenters. The summed E-state index contributed by atoms with van der Waals surface area (Å²) < 4.78 is 0. The third kappa shape index (κ3) is 5.48. The predicted molar refractivity (Wildman–Crippen MR) is 93.6 cm³/mol. The third-order valence-electron chi connectivity index (χ3n) is 4.58. The molecule has 0 aliphatic carbocycles. The Balaban J connectivity index is 2.47. The highest BCUT2D eigenvalue weighted by atomic mass is 32.2. The summed E-state index contributed by atoms with van der Waals surface area (Å²) in [5, 5.41) is 3.58. The van der Waals surface area contributed by atoms with Crippen LogP contribution in [0.1, 0.15) is 59.8 Å². The van der Waals surface area contributed by atoms with Gasteiger partial charge in [-0.2, -0.15) is 11.8 Å². The van der Waals surface area contributed by atoms with Crippen molar-refractivity contribution in [2.75, 3.05) is 18.6 Å². The Morgan fingerprint density at radius 2 is 1.86 bits per heavy atom. The Hall–Kier alpha value is -0.220. The smallest absolute Gasteiger partial charge is 0.241 e. The fraction of sp³-hybridized carbons (Fsp3) is 0.941. The van der Waals surface area contributed by atoms with Crippen LogP contribution in [-0.2, 0) is 4.79 Å². The van der Waals surface area contributed by atoms with Crippen LogP contribution in [0.25, 0.3) is 0 Å². The lowest BCUT2D eigenvalue weighted by atomic mass is 9.99. The van der Waals surface area contributed by atoms with Crippen LogP contribution in [0, 0.1) is 11.8 Å². The fourth-order valence-electron chi connectivity index (χ4n) is 2.99. The maximum absolute atomic E-state index is 12.6. The van der Waals surface area contributed by atoms with E-state index in [4.69, 9.17) is 0 Å². The SMILES string of the molecule is CCC(C)C1NC(C(C)C)N(CCCCCCSC)C1=O. The van der Waals surface area contributed by atoms with Gasteiger partial charge in [0.2, 0.25) is 5.91 Å². The van der Waals surface area contributed by atoms with Crippen LogP contribution in [0.2, 0.25) is 0 Å². The minimum atomic E-state index is 0.0268. The molecule has 0 spiro atoms. The van der Waals surface area contributed by atoms with Crippen molar-refractivity contribution in [3.05, 3.63) is 0 Å². The Morgan fingerprint density at radius 1 is 1.19 bits per heavy atom. The Morgan fingerprint density at radius 3 is 2.43 bits per heavy atom. The van der Waals surface area contributed by atoms with Gasteiger partial charge in [-0.05, 0) is 36.7 Å². The van der Waals surface area contributed by atoms with E-state index in [9.17, 15) is 4.79 Å². The van der Waals surface area contributed by atoms with Gasteiger partial charge in [-0.15, -0.1) is 0 Å². The normalized spacial score (nSPS) is 24.1. The van der Waals surface area contributed by atoms with Gasteiger partial charge in [0.1, 0.15) is 0 Å². The molecule has 4 heteroatoms. The second-order valence-corrected chi connectivity index (χ2v) is 7.64. The van der Waals surface area contributed by atoms with Crippen molar-refractivity contribution in [2.45, 2.75) is 72.0 Å². The summed E-state index contributed by atoms with van der Waals surface area (Å²) in [5.74, 6) is 2.48. The lowest BCUT2D eigenvalue weighted by Crippen LogP contribution is -2.42. The number of carbonyl (C=O) groups excluding carboxylic acids is 1. The molecule has 1 amide bonds. The van der Waals surface area contributed by atoms with Crippen LogP contribution in [0.4, 0.5) is 0 Å². The quantitative estimate of drug-likeness (QED) is 0.624. The summed E-state index contributed by atoms with van der Waals surface area (Å²) in [7, 11) is 0. The number of rotatable bonds is 10. The van der Waals surface area contributed by atoms with Gasteiger partial charge in [0.25, 0.3) is 0 Å². The topological polar surface area (TPSA) is 32.3 Å². The Kier molecular flexibility index (Phi) is 8.72. The lowest BCUT2D eigenvalue weighted by Gasteiger charge is -2.27. The van der Waals surface area contributed by atoms with E-state index in [0.29, 0.717) is 17.7 Å². The maximum atomic E-state index is 12.6. The molecule has 0 aromatic heterocycles. The van der Waals surface area contributed by atoms with Gasteiger partial charge < -0.3 is 4.90 Å². The molecule has 1 fully saturated rings. The molecule has 1 rings (SSSR count). The largest absolute Gasteiger partial charge is 0.326 e. The highest BCUT2D eigenvalue weighted by Crippen LogP contribution is 2.23. The Bertz CT molecular complexity index is 309. The molecular weight excluding hydrogens is 280 g/mol. The molecule has 1 aliphatic heterocycles. The highest BCUT2D eigenvalue weighted by molar-refractivity contribution is 7.98. The van der Waals surface area contributed by atoms with Gasteiger partial charge in [-0.25, -0.2) is 0 Å². The number of carbonyl (C=O) groups is 1. The highest BCUT2D eigenvalue weighted by Gasteiger charge is 2.41. The first-order valence-electron chi connectivity index (χ1n) is 8.58. The van der Waals surface area contributed by atoms with E-state index in [-0.39, 0.29) is 12.2 Å². The van der Waals surface area contributed by atoms with E-state index < -0.39 is 0 Å². The van der Waals surface area contributed by atoms with Gasteiger partial charge >= 0.3 is 0 Å². The minimum absolute atomic E-state index is 0.0268. The fourth-order valence-corrected chi connectivity index (χ4v) is 3.48. The zero-order valence-electron chi connectivity index (χ0n) is 14.5. The van der Waals surface area contributed by atoms with E-state index >= 15 is 0 Å². The second kappa shape index (κ2) is 9.73. The summed E-state index contributed by atoms with van der Waals surface area (Å²) in [6, 6.07) is 0.0268. The number of thioether (sulfide) groups is 1. The molecule has 0 bridgehead atoms. The molecule has 0 saturated carbocycles. The van der Waals surface area contributed by atoms with Crippen molar-refractivity contribution >= 4 is 17.7 Å². The standard InChI is InChI=1S/C17H34N2OS/c1-6-14(4)15-17(20)19(16(18-15)13(2)3)11-9-7-8-10-12-21-5/h13-16,18H,6-12H2,1-5H3. The molecule has 3 nitrogen and oxygen atoms in total. The summed E-state index contributed by atoms with van der Waals surface area (Å²) in [6.07, 6.45) is 8.41. The molecular formula is C17H34N2OS. The summed E-state index contributed by atoms with van der Waals surface area (Å²) in [5.41, 5.74) is 0. The number of hydrogen-bond donors (Lipinski definition) is 1. The van der Waals surface area contributed by atoms with Crippen LogP contribution < -0.4 is 5.32 Å². The van der Waals surface area contributed by atoms with Gasteiger partial charge in [0, 0.05) is 6.54 Å². The molecule has 0 aromatic carbocycles. The van der Waals surface area contributed by atoms with E-state index in [1.54, 1.807) is 0 Å². The molecule has 1 N–H and O–H groups in total. The molecule has 0 radical (unpaired) electrons. The van der Waals surface area contributed by atoms with Crippen molar-refractivity contribution in [3.8, 4) is 0 Å². The lowest BCUT2D eigenvalue weighted by molar-refractivity contribution is -0.131. The summed E-state index contributed by atoms with van der Waals surface area (Å²) in [4.78, 5) is 14.8. The van der Waals surface area contributed by atoms with Crippen molar-refractivity contribution in [3.63, 3.8) is 0 Å². The zero-order chi connectivity index (χ0) is 15.8. The summed E-state index contributed by atoms with van der Waals surface area (Å²) in [6.45, 7) is 9.67. The average molecular weight is 315 g/mol. The van der Waals surface area contributed by atoms with E-state index in [0.717, 1.165) is 19.4 Å². The van der Waals surface area contributed by atoms with E-state index in [1.165, 1.54) is 25.0 Å². The first-order valence-corrected chi connectivity index (χ1v) is 9.97. The Labute approximate surface area is 135 Å². The number of nitrogens with one attached hydrogen (secondary N) is 1. The molecule has 1 heterocycles. The van der Waals surface area contributed by atoms with Crippen molar-refractivity contribution in [2.24, 2.45) is 11.8 Å². The molecule has 1 aliphatic rings. The predicted octanol–water partition coefficient (Wildman–Crippen LogP) is 3.74. The van der Waals surface area contributed by atoms with Crippen molar-refractivity contribution < 1.29 is 4.79 Å². The van der Waals surface area contributed by atoms with Gasteiger partial charge in [-0.1, -0.05) is 47.0 Å². The minimum Gasteiger partial charge on any atom is -0.326 e. The van der Waals surface area contributed by atoms with E-state index in [2.05, 4.69) is 44.2 Å². The molecule has 1 saturated heterocycles. The number of nitrogens with zero attached hydrogens (tertiary/aromatic N) is 1. The van der Waals surface area contributed by atoms with Crippen LogP contribution in [0.3, 0.4) is 0 Å². The maximum Gasteiger partial charge on any atom is 0.241 e. The first kappa shape index (κ1) is 18.8. The van der Waals surface area contributed by atoms with Crippen molar-refractivity contribution in [1.29, 1.82) is 0 Å². The van der Waals surface area contributed by atoms with E-state index in [1.807, 2.05) is 11.8 Å². The van der Waals surface area contributed by atoms with Crippen LogP contribution >= 0.6 is 11.8 Å². The van der Waals surface area contributed by atoms with Crippen LogP contribution in [-0.4, -0.2) is 41.6 Å². The zero-order valence-corrected chi connectivity index (χ0v) is 15.3. The molecule has 21 heavy (non-hydrogen) atoms. The van der Waals surface area contributed by atoms with Gasteiger partial charge in [0.15, 0.2) is 0 Å².